The van der Waals surface area contributed by atoms with Gasteiger partial charge >= 0.3 is 0 Å². The number of rotatable bonds is 4. The first-order valence-corrected chi connectivity index (χ1v) is 9.51. The van der Waals surface area contributed by atoms with Gasteiger partial charge in [-0.2, -0.15) is 0 Å². The fraction of sp³-hybridized carbons (Fsp3) is 0.650. The van der Waals surface area contributed by atoms with E-state index in [9.17, 15) is 4.79 Å². The number of methoxy groups -OCH3 is 1. The van der Waals surface area contributed by atoms with E-state index in [0.717, 1.165) is 64.3 Å². The maximum absolute atomic E-state index is 13.1. The van der Waals surface area contributed by atoms with Crippen molar-refractivity contribution in [1.29, 1.82) is 0 Å². The van der Waals surface area contributed by atoms with E-state index in [0.29, 0.717) is 11.8 Å². The molecule has 5 heteroatoms. The molecule has 0 aliphatic carbocycles. The third-order valence-corrected chi connectivity index (χ3v) is 5.99. The van der Waals surface area contributed by atoms with E-state index in [4.69, 9.17) is 9.47 Å². The van der Waals surface area contributed by atoms with Gasteiger partial charge in [0.2, 0.25) is 5.91 Å². The average Bonchev–Trinajstić information content (AvgIpc) is 3.32. The zero-order valence-corrected chi connectivity index (χ0v) is 15.0. The van der Waals surface area contributed by atoms with Gasteiger partial charge in [-0.1, -0.05) is 18.2 Å². The first-order valence-electron chi connectivity index (χ1n) is 9.51. The molecule has 0 unspecified atom stereocenters. The zero-order valence-electron chi connectivity index (χ0n) is 15.0. The summed E-state index contributed by atoms with van der Waals surface area (Å²) in [4.78, 5) is 17.5. The minimum absolute atomic E-state index is 0.0778. The third kappa shape index (κ3) is 3.40. The van der Waals surface area contributed by atoms with Crippen molar-refractivity contribution < 1.29 is 14.3 Å². The van der Waals surface area contributed by atoms with E-state index in [1.807, 2.05) is 18.2 Å². The highest BCUT2D eigenvalue weighted by Crippen LogP contribution is 2.36. The molecule has 0 bridgehead atoms. The molecule has 25 heavy (non-hydrogen) atoms. The Bertz CT molecular complexity index is 615. The molecular weight excluding hydrogens is 316 g/mol. The number of hydrogen-bond acceptors (Lipinski definition) is 4. The Labute approximate surface area is 149 Å². The van der Waals surface area contributed by atoms with Gasteiger partial charge in [0.15, 0.2) is 0 Å². The summed E-state index contributed by atoms with van der Waals surface area (Å²) >= 11 is 0. The van der Waals surface area contributed by atoms with Gasteiger partial charge in [0, 0.05) is 50.8 Å². The van der Waals surface area contributed by atoms with Crippen LogP contribution in [0, 0.1) is 11.8 Å². The minimum Gasteiger partial charge on any atom is -0.496 e. The van der Waals surface area contributed by atoms with E-state index in [-0.39, 0.29) is 12.0 Å². The standard InChI is InChI=1S/C20H28N2O3/c1-24-18-7-3-2-6-15(18)12-21-13-17(16-8-11-25-19(16)14-21)20(23)22-9-4-5-10-22/h2-3,6-7,16-17,19H,4-5,8-14H2,1H3/t16-,17+,19+/m1/s1. The van der Waals surface area contributed by atoms with Crippen molar-refractivity contribution in [3.8, 4) is 5.75 Å². The van der Waals surface area contributed by atoms with E-state index in [1.165, 1.54) is 5.56 Å². The van der Waals surface area contributed by atoms with E-state index in [1.54, 1.807) is 7.11 Å². The lowest BCUT2D eigenvalue weighted by Gasteiger charge is -2.40. The Hall–Kier alpha value is -1.59. The largest absolute Gasteiger partial charge is 0.496 e. The maximum atomic E-state index is 13.1. The molecule has 0 N–H and O–H groups in total. The van der Waals surface area contributed by atoms with Crippen LogP contribution in [0.15, 0.2) is 24.3 Å². The molecular formula is C20H28N2O3. The number of nitrogens with zero attached hydrogens (tertiary/aromatic N) is 2. The summed E-state index contributed by atoms with van der Waals surface area (Å²) in [5, 5.41) is 0. The summed E-state index contributed by atoms with van der Waals surface area (Å²) in [7, 11) is 1.71. The van der Waals surface area contributed by atoms with Gasteiger partial charge in [0.1, 0.15) is 5.75 Å². The number of likely N-dealkylation sites (tertiary alicyclic amines) is 2. The normalized spacial score (nSPS) is 29.6. The molecule has 3 heterocycles. The lowest BCUT2D eigenvalue weighted by Crippen LogP contribution is -2.52. The number of carbonyl (C=O) groups excluding carboxylic acids is 1. The molecule has 3 atom stereocenters. The molecule has 1 aromatic rings. The van der Waals surface area contributed by atoms with E-state index >= 15 is 0 Å². The SMILES string of the molecule is COc1ccccc1CN1C[C@@H]2OCC[C@@H]2[C@@H](C(=O)N2CCCC2)C1. The first-order chi connectivity index (χ1) is 12.3. The third-order valence-electron chi connectivity index (χ3n) is 5.99. The fourth-order valence-electron chi connectivity index (χ4n) is 4.69. The number of ether oxygens (including phenoxy) is 2. The number of benzene rings is 1. The van der Waals surface area contributed by atoms with Crippen LogP contribution < -0.4 is 4.74 Å². The highest BCUT2D eigenvalue weighted by atomic mass is 16.5. The highest BCUT2D eigenvalue weighted by Gasteiger charge is 2.45. The lowest BCUT2D eigenvalue weighted by molar-refractivity contribution is -0.140. The fourth-order valence-corrected chi connectivity index (χ4v) is 4.69. The molecule has 136 valence electrons. The molecule has 5 nitrogen and oxygen atoms in total. The molecule has 3 saturated heterocycles. The first kappa shape index (κ1) is 16.9. The van der Waals surface area contributed by atoms with Gasteiger partial charge in [-0.05, 0) is 25.3 Å². The van der Waals surface area contributed by atoms with Crippen LogP contribution in [0.3, 0.4) is 0 Å². The van der Waals surface area contributed by atoms with Crippen molar-refractivity contribution in [3.63, 3.8) is 0 Å². The molecule has 0 aromatic heterocycles. The summed E-state index contributed by atoms with van der Waals surface area (Å²) in [5.41, 5.74) is 1.17. The van der Waals surface area contributed by atoms with Crippen molar-refractivity contribution in [2.75, 3.05) is 39.9 Å². The van der Waals surface area contributed by atoms with Gasteiger partial charge in [0.25, 0.3) is 0 Å². The molecule has 1 aromatic carbocycles. The molecule has 1 amide bonds. The van der Waals surface area contributed by atoms with Crippen LogP contribution in [0.25, 0.3) is 0 Å². The van der Waals surface area contributed by atoms with Crippen LogP contribution in [0.4, 0.5) is 0 Å². The Morgan fingerprint density at radius 1 is 1.24 bits per heavy atom. The Morgan fingerprint density at radius 3 is 2.84 bits per heavy atom. The average molecular weight is 344 g/mol. The van der Waals surface area contributed by atoms with Gasteiger partial charge in [-0.25, -0.2) is 0 Å². The Morgan fingerprint density at radius 2 is 2.04 bits per heavy atom. The topological polar surface area (TPSA) is 42.0 Å². The van der Waals surface area contributed by atoms with Gasteiger partial charge < -0.3 is 14.4 Å². The van der Waals surface area contributed by atoms with Crippen molar-refractivity contribution in [3.05, 3.63) is 29.8 Å². The second-order valence-corrected chi connectivity index (χ2v) is 7.51. The molecule has 0 radical (unpaired) electrons. The predicted octanol–water partition coefficient (Wildman–Crippen LogP) is 2.15. The van der Waals surface area contributed by atoms with Crippen LogP contribution in [-0.2, 0) is 16.1 Å². The zero-order chi connectivity index (χ0) is 17.2. The van der Waals surface area contributed by atoms with Crippen LogP contribution in [0.5, 0.6) is 5.75 Å². The van der Waals surface area contributed by atoms with Crippen LogP contribution in [0.2, 0.25) is 0 Å². The van der Waals surface area contributed by atoms with Crippen molar-refractivity contribution in [2.45, 2.75) is 31.9 Å². The molecule has 0 saturated carbocycles. The quantitative estimate of drug-likeness (QED) is 0.839. The summed E-state index contributed by atoms with van der Waals surface area (Å²) in [6, 6.07) is 8.15. The number of para-hydroxylation sites is 1. The van der Waals surface area contributed by atoms with E-state index in [2.05, 4.69) is 15.9 Å². The second kappa shape index (κ2) is 7.34. The molecule has 4 rings (SSSR count). The van der Waals surface area contributed by atoms with Crippen molar-refractivity contribution in [1.82, 2.24) is 9.80 Å². The smallest absolute Gasteiger partial charge is 0.227 e. The Kier molecular flexibility index (Phi) is 4.95. The molecule has 0 spiro atoms. The molecule has 3 aliphatic rings. The molecule has 3 fully saturated rings. The minimum atomic E-state index is 0.0778. The van der Waals surface area contributed by atoms with Gasteiger partial charge in [-0.15, -0.1) is 0 Å². The summed E-state index contributed by atoms with van der Waals surface area (Å²) < 4.78 is 11.5. The van der Waals surface area contributed by atoms with Crippen LogP contribution in [-0.4, -0.2) is 61.7 Å². The van der Waals surface area contributed by atoms with E-state index < -0.39 is 0 Å². The Balaban J connectivity index is 1.50. The monoisotopic (exact) mass is 344 g/mol. The second-order valence-electron chi connectivity index (χ2n) is 7.51. The maximum Gasteiger partial charge on any atom is 0.227 e. The number of hydrogen-bond donors (Lipinski definition) is 0. The van der Waals surface area contributed by atoms with Crippen molar-refractivity contribution in [2.24, 2.45) is 11.8 Å². The lowest BCUT2D eigenvalue weighted by atomic mass is 9.81. The van der Waals surface area contributed by atoms with Crippen molar-refractivity contribution >= 4 is 5.91 Å². The van der Waals surface area contributed by atoms with Gasteiger partial charge in [-0.3, -0.25) is 9.69 Å². The van der Waals surface area contributed by atoms with Crippen LogP contribution >= 0.6 is 0 Å². The number of carbonyl (C=O) groups is 1. The summed E-state index contributed by atoms with van der Waals surface area (Å²) in [5.74, 6) is 1.73. The summed E-state index contributed by atoms with van der Waals surface area (Å²) in [6.07, 6.45) is 3.51. The van der Waals surface area contributed by atoms with Crippen LogP contribution in [0.1, 0.15) is 24.8 Å². The number of fused-ring (bicyclic) bond motifs is 1. The number of piperidine rings is 1. The summed E-state index contributed by atoms with van der Waals surface area (Å²) in [6.45, 7) is 5.20. The van der Waals surface area contributed by atoms with Gasteiger partial charge in [0.05, 0.1) is 19.1 Å². The predicted molar refractivity (Wildman–Crippen MR) is 95.4 cm³/mol. The highest BCUT2D eigenvalue weighted by molar-refractivity contribution is 5.80. The number of amides is 1. The molecule has 3 aliphatic heterocycles.